The van der Waals surface area contributed by atoms with Gasteiger partial charge in [0.25, 0.3) is 17.4 Å². The minimum Gasteiger partial charge on any atom is -0.280 e. The molecule has 0 unspecified atom stereocenters. The van der Waals surface area contributed by atoms with Crippen LogP contribution in [-0.2, 0) is 6.67 Å². The predicted octanol–water partition coefficient (Wildman–Crippen LogP) is 2.30. The van der Waals surface area contributed by atoms with Crippen molar-refractivity contribution in [1.82, 2.24) is 14.5 Å². The zero-order valence-electron chi connectivity index (χ0n) is 12.3. The Hall–Kier alpha value is -2.99. The first-order valence-corrected chi connectivity index (χ1v) is 7.54. The highest BCUT2D eigenvalue weighted by Gasteiger charge is 2.35. The summed E-state index contributed by atoms with van der Waals surface area (Å²) in [6, 6.07) is 11.3. The highest BCUT2D eigenvalue weighted by atomic mass is 35.5. The van der Waals surface area contributed by atoms with Crippen molar-refractivity contribution in [3.05, 3.63) is 75.3 Å². The summed E-state index contributed by atoms with van der Waals surface area (Å²) in [5.41, 5.74) is 0.812. The Labute approximate surface area is 140 Å². The second-order valence-corrected chi connectivity index (χ2v) is 5.84. The second-order valence-electron chi connectivity index (χ2n) is 5.41. The van der Waals surface area contributed by atoms with Crippen LogP contribution in [0.25, 0.3) is 10.9 Å². The minimum absolute atomic E-state index is 0.184. The summed E-state index contributed by atoms with van der Waals surface area (Å²) in [5.74, 6) is -0.836. The predicted molar refractivity (Wildman–Crippen MR) is 88.0 cm³/mol. The van der Waals surface area contributed by atoms with Crippen molar-refractivity contribution in [3.8, 4) is 0 Å². The van der Waals surface area contributed by atoms with Crippen molar-refractivity contribution >= 4 is 34.3 Å². The summed E-state index contributed by atoms with van der Waals surface area (Å²) in [7, 11) is 0. The Balaban J connectivity index is 1.75. The fraction of sp³-hybridized carbons (Fsp3) is 0.0588. The van der Waals surface area contributed by atoms with Crippen LogP contribution >= 0.6 is 11.6 Å². The third-order valence-electron chi connectivity index (χ3n) is 3.96. The Kier molecular flexibility index (Phi) is 3.21. The molecule has 1 aliphatic rings. The maximum Gasteiger partial charge on any atom is 0.263 e. The van der Waals surface area contributed by atoms with Crippen LogP contribution in [0, 0.1) is 0 Å². The average Bonchev–Trinajstić information content (AvgIpc) is 2.82. The van der Waals surface area contributed by atoms with Gasteiger partial charge in [-0.2, -0.15) is 0 Å². The van der Waals surface area contributed by atoms with Gasteiger partial charge in [-0.05, 0) is 30.3 Å². The molecule has 0 radical (unpaired) electrons. The van der Waals surface area contributed by atoms with Gasteiger partial charge in [0, 0.05) is 5.02 Å². The number of amides is 2. The zero-order valence-corrected chi connectivity index (χ0v) is 13.0. The minimum atomic E-state index is -0.418. The largest absolute Gasteiger partial charge is 0.280 e. The molecular formula is C17H10ClN3O3. The molecule has 0 N–H and O–H groups in total. The molecule has 0 bridgehead atoms. The monoisotopic (exact) mass is 339 g/mol. The van der Waals surface area contributed by atoms with Crippen molar-refractivity contribution in [1.29, 1.82) is 0 Å². The molecule has 4 rings (SSSR count). The number of imide groups is 1. The standard InChI is InChI=1S/C17H10ClN3O3/c18-10-5-6-13-14(7-10)19-8-20(15(13)22)9-21-16(23)11-3-1-2-4-12(11)17(21)24/h1-8H,9H2. The maximum atomic E-state index is 12.5. The number of rotatable bonds is 2. The highest BCUT2D eigenvalue weighted by molar-refractivity contribution is 6.31. The SMILES string of the molecule is O=C1c2ccccc2C(=O)N1Cn1cnc2cc(Cl)ccc2c1=O. The number of carbonyl (C=O) groups is 2. The molecule has 1 aromatic heterocycles. The average molecular weight is 340 g/mol. The highest BCUT2D eigenvalue weighted by Crippen LogP contribution is 2.22. The van der Waals surface area contributed by atoms with Crippen molar-refractivity contribution in [2.75, 3.05) is 0 Å². The van der Waals surface area contributed by atoms with Crippen molar-refractivity contribution < 1.29 is 9.59 Å². The molecule has 1 aliphatic heterocycles. The van der Waals surface area contributed by atoms with Gasteiger partial charge in [-0.1, -0.05) is 23.7 Å². The lowest BCUT2D eigenvalue weighted by Crippen LogP contribution is -2.36. The summed E-state index contributed by atoms with van der Waals surface area (Å²) in [6.07, 6.45) is 1.31. The Morgan fingerprint density at radius 3 is 2.29 bits per heavy atom. The number of hydrogen-bond acceptors (Lipinski definition) is 4. The lowest BCUT2D eigenvalue weighted by Gasteiger charge is -2.15. The van der Waals surface area contributed by atoms with Gasteiger partial charge in [-0.15, -0.1) is 0 Å². The molecule has 0 aliphatic carbocycles. The molecular weight excluding hydrogens is 330 g/mol. The fourth-order valence-electron chi connectivity index (χ4n) is 2.75. The number of benzene rings is 2. The van der Waals surface area contributed by atoms with Gasteiger partial charge in [0.15, 0.2) is 0 Å². The van der Waals surface area contributed by atoms with Crippen LogP contribution in [0.3, 0.4) is 0 Å². The molecule has 118 valence electrons. The van der Waals surface area contributed by atoms with E-state index >= 15 is 0 Å². The number of carbonyl (C=O) groups excluding carboxylic acids is 2. The number of aromatic nitrogens is 2. The third kappa shape index (κ3) is 2.11. The van der Waals surface area contributed by atoms with Crippen LogP contribution in [-0.4, -0.2) is 26.3 Å². The van der Waals surface area contributed by atoms with E-state index in [-0.39, 0.29) is 12.2 Å². The number of fused-ring (bicyclic) bond motifs is 2. The Bertz CT molecular complexity index is 1040. The van der Waals surface area contributed by atoms with Gasteiger partial charge in [0.05, 0.1) is 28.4 Å². The van der Waals surface area contributed by atoms with Crippen LogP contribution < -0.4 is 5.56 Å². The van der Waals surface area contributed by atoms with Crippen LogP contribution in [0.1, 0.15) is 20.7 Å². The molecule has 0 saturated carbocycles. The van der Waals surface area contributed by atoms with Crippen LogP contribution in [0.5, 0.6) is 0 Å². The van der Waals surface area contributed by atoms with Gasteiger partial charge < -0.3 is 0 Å². The van der Waals surface area contributed by atoms with E-state index in [9.17, 15) is 14.4 Å². The summed E-state index contributed by atoms with van der Waals surface area (Å²) in [5, 5.41) is 0.853. The first kappa shape index (κ1) is 14.6. The molecule has 0 spiro atoms. The van der Waals surface area contributed by atoms with Gasteiger partial charge in [0.1, 0.15) is 6.67 Å². The lowest BCUT2D eigenvalue weighted by molar-refractivity contribution is 0.0603. The molecule has 6 nitrogen and oxygen atoms in total. The molecule has 2 aromatic carbocycles. The normalized spacial score (nSPS) is 13.6. The van der Waals surface area contributed by atoms with Crippen LogP contribution in [0.15, 0.2) is 53.6 Å². The van der Waals surface area contributed by atoms with Crippen molar-refractivity contribution in [2.24, 2.45) is 0 Å². The van der Waals surface area contributed by atoms with E-state index in [1.54, 1.807) is 42.5 Å². The molecule has 2 heterocycles. The van der Waals surface area contributed by atoms with Gasteiger partial charge >= 0.3 is 0 Å². The molecule has 0 saturated heterocycles. The Morgan fingerprint density at radius 2 is 1.62 bits per heavy atom. The molecule has 7 heteroatoms. The third-order valence-corrected chi connectivity index (χ3v) is 4.19. The summed E-state index contributed by atoms with van der Waals surface area (Å²) in [4.78, 5) is 42.5. The van der Waals surface area contributed by atoms with Crippen LogP contribution in [0.4, 0.5) is 0 Å². The summed E-state index contributed by atoms with van der Waals surface area (Å²) >= 11 is 5.89. The number of hydrogen-bond donors (Lipinski definition) is 0. The fourth-order valence-corrected chi connectivity index (χ4v) is 2.92. The number of halogens is 1. The topological polar surface area (TPSA) is 72.3 Å². The van der Waals surface area contributed by atoms with Crippen molar-refractivity contribution in [3.63, 3.8) is 0 Å². The molecule has 2 amide bonds. The second kappa shape index (κ2) is 5.28. The van der Waals surface area contributed by atoms with Crippen LogP contribution in [0.2, 0.25) is 5.02 Å². The summed E-state index contributed by atoms with van der Waals surface area (Å²) < 4.78 is 1.23. The number of nitrogens with zero attached hydrogens (tertiary/aromatic N) is 3. The van der Waals surface area contributed by atoms with E-state index in [1.807, 2.05) is 0 Å². The van der Waals surface area contributed by atoms with E-state index in [1.165, 1.54) is 10.9 Å². The van der Waals surface area contributed by atoms with Gasteiger partial charge in [-0.25, -0.2) is 4.98 Å². The maximum absolute atomic E-state index is 12.5. The van der Waals surface area contributed by atoms with Crippen molar-refractivity contribution in [2.45, 2.75) is 6.67 Å². The van der Waals surface area contributed by atoms with E-state index < -0.39 is 11.8 Å². The van der Waals surface area contributed by atoms with Gasteiger partial charge in [-0.3, -0.25) is 23.9 Å². The first-order valence-electron chi connectivity index (χ1n) is 7.16. The molecule has 24 heavy (non-hydrogen) atoms. The molecule has 3 aromatic rings. The smallest absolute Gasteiger partial charge is 0.263 e. The zero-order chi connectivity index (χ0) is 16.8. The van der Waals surface area contributed by atoms with E-state index in [0.29, 0.717) is 27.1 Å². The lowest BCUT2D eigenvalue weighted by atomic mass is 10.1. The van der Waals surface area contributed by atoms with Gasteiger partial charge in [0.2, 0.25) is 0 Å². The Morgan fingerprint density at radius 1 is 0.958 bits per heavy atom. The molecule has 0 atom stereocenters. The molecule has 0 fully saturated rings. The van der Waals surface area contributed by atoms with E-state index in [2.05, 4.69) is 4.98 Å². The van der Waals surface area contributed by atoms with E-state index in [4.69, 9.17) is 11.6 Å². The first-order chi connectivity index (χ1) is 11.6. The quantitative estimate of drug-likeness (QED) is 0.672. The van der Waals surface area contributed by atoms with E-state index in [0.717, 1.165) is 4.90 Å². The summed E-state index contributed by atoms with van der Waals surface area (Å²) in [6.45, 7) is -0.184.